The van der Waals surface area contributed by atoms with Crippen molar-refractivity contribution in [2.24, 2.45) is 5.10 Å². The van der Waals surface area contributed by atoms with Crippen LogP contribution < -0.4 is 20.2 Å². The summed E-state index contributed by atoms with van der Waals surface area (Å²) in [5.41, 5.74) is 3.38. The molecule has 0 aromatic heterocycles. The number of hydrogen-bond acceptors (Lipinski definition) is 6. The highest BCUT2D eigenvalue weighted by atomic mass is 35.5. The van der Waals surface area contributed by atoms with Gasteiger partial charge in [-0.25, -0.2) is 10.2 Å². The van der Waals surface area contributed by atoms with Crippen LogP contribution in [0.2, 0.25) is 5.02 Å². The van der Waals surface area contributed by atoms with Crippen LogP contribution in [0.25, 0.3) is 0 Å². The Balaban J connectivity index is 1.94. The summed E-state index contributed by atoms with van der Waals surface area (Å²) in [5.74, 6) is 0.428. The van der Waals surface area contributed by atoms with E-state index in [0.29, 0.717) is 27.8 Å². The number of nitrogens with one attached hydrogen (secondary N) is 2. The first kappa shape index (κ1) is 21.0. The van der Waals surface area contributed by atoms with E-state index in [2.05, 4.69) is 15.8 Å². The van der Waals surface area contributed by atoms with Crippen LogP contribution >= 0.6 is 11.6 Å². The Labute approximate surface area is 167 Å². The molecule has 2 aromatic rings. The molecule has 2 amide bonds. The van der Waals surface area contributed by atoms with Gasteiger partial charge >= 0.3 is 6.09 Å². The number of nitrogens with zero attached hydrogens (tertiary/aromatic N) is 1. The van der Waals surface area contributed by atoms with Crippen molar-refractivity contribution in [3.8, 4) is 11.5 Å². The highest BCUT2D eigenvalue weighted by Crippen LogP contribution is 2.27. The maximum Gasteiger partial charge on any atom is 0.427 e. The minimum Gasteiger partial charge on any atom is -0.493 e. The van der Waals surface area contributed by atoms with Gasteiger partial charge in [0.05, 0.1) is 30.6 Å². The Morgan fingerprint density at radius 1 is 1.18 bits per heavy atom. The molecule has 0 atom stereocenters. The number of halogens is 1. The number of carbonyl (C=O) groups excluding carboxylic acids is 2. The van der Waals surface area contributed by atoms with Crippen LogP contribution in [0.1, 0.15) is 12.5 Å². The summed E-state index contributed by atoms with van der Waals surface area (Å²) in [7, 11) is 1.48. The molecule has 0 unspecified atom stereocenters. The molecule has 148 valence electrons. The van der Waals surface area contributed by atoms with Gasteiger partial charge in [0.1, 0.15) is 0 Å². The summed E-state index contributed by atoms with van der Waals surface area (Å²) in [6.45, 7) is 1.73. The molecule has 28 heavy (non-hydrogen) atoms. The first-order chi connectivity index (χ1) is 13.5. The Bertz CT molecular complexity index is 857. The molecule has 0 spiro atoms. The fraction of sp³-hybridized carbons (Fsp3) is 0.211. The van der Waals surface area contributed by atoms with Crippen LogP contribution in [0.4, 0.5) is 10.5 Å². The maximum atomic E-state index is 12.1. The zero-order valence-electron chi connectivity index (χ0n) is 15.4. The minimum atomic E-state index is -0.643. The Morgan fingerprint density at radius 2 is 1.96 bits per heavy atom. The number of ether oxygens (including phenoxy) is 3. The van der Waals surface area contributed by atoms with Crippen molar-refractivity contribution in [2.45, 2.75) is 6.92 Å². The van der Waals surface area contributed by atoms with Gasteiger partial charge in [0.2, 0.25) is 0 Å². The summed E-state index contributed by atoms with van der Waals surface area (Å²) in [6, 6.07) is 11.9. The summed E-state index contributed by atoms with van der Waals surface area (Å²) in [6.07, 6.45) is 0.781. The molecule has 0 aliphatic carbocycles. The summed E-state index contributed by atoms with van der Waals surface area (Å²) in [5, 5.41) is 6.88. The normalized spacial score (nSPS) is 10.4. The number of methoxy groups -OCH3 is 1. The fourth-order valence-corrected chi connectivity index (χ4v) is 2.28. The number of carbonyl (C=O) groups is 2. The van der Waals surface area contributed by atoms with Crippen LogP contribution in [-0.2, 0) is 9.53 Å². The molecule has 9 heteroatoms. The predicted octanol–water partition coefficient (Wildman–Crippen LogP) is 3.45. The van der Waals surface area contributed by atoms with Crippen LogP contribution in [0.5, 0.6) is 11.5 Å². The molecule has 0 radical (unpaired) electrons. The molecule has 2 N–H and O–H groups in total. The van der Waals surface area contributed by atoms with E-state index in [1.807, 2.05) is 0 Å². The third kappa shape index (κ3) is 6.48. The quantitative estimate of drug-likeness (QED) is 0.517. The number of rotatable bonds is 8. The predicted molar refractivity (Wildman–Crippen MR) is 106 cm³/mol. The molecule has 8 nitrogen and oxygen atoms in total. The molecular formula is C19H20ClN3O5. The topological polar surface area (TPSA) is 98.3 Å². The van der Waals surface area contributed by atoms with Crippen molar-refractivity contribution in [2.75, 3.05) is 25.6 Å². The van der Waals surface area contributed by atoms with Gasteiger partial charge in [-0.3, -0.25) is 4.79 Å². The molecule has 0 saturated carbocycles. The standard InChI is InChI=1S/C19H20ClN3O5/c1-3-27-19(25)23-21-11-13-8-9-16(17(10-13)26-2)28-12-18(24)22-15-7-5-4-6-14(15)20/h4-11H,3,12H2,1-2H3,(H,22,24)(H,23,25)/b21-11-. The van der Waals surface area contributed by atoms with Crippen molar-refractivity contribution in [1.29, 1.82) is 0 Å². The van der Waals surface area contributed by atoms with Gasteiger partial charge in [-0.1, -0.05) is 23.7 Å². The summed E-state index contributed by atoms with van der Waals surface area (Å²) >= 11 is 6.01. The van der Waals surface area contributed by atoms with E-state index in [0.717, 1.165) is 0 Å². The average Bonchev–Trinajstić information content (AvgIpc) is 2.68. The molecule has 0 fully saturated rings. The van der Waals surface area contributed by atoms with Crippen molar-refractivity contribution in [3.05, 3.63) is 53.1 Å². The van der Waals surface area contributed by atoms with Crippen molar-refractivity contribution >= 4 is 35.5 Å². The second-order valence-electron chi connectivity index (χ2n) is 5.32. The smallest absolute Gasteiger partial charge is 0.427 e. The number of benzene rings is 2. The first-order valence-electron chi connectivity index (χ1n) is 8.34. The Kier molecular flexibility index (Phi) is 8.11. The van der Waals surface area contributed by atoms with Crippen molar-refractivity contribution in [1.82, 2.24) is 5.43 Å². The number of hydrogen-bond donors (Lipinski definition) is 2. The van der Waals surface area contributed by atoms with Gasteiger partial charge in [0, 0.05) is 0 Å². The van der Waals surface area contributed by atoms with E-state index in [-0.39, 0.29) is 19.1 Å². The lowest BCUT2D eigenvalue weighted by molar-refractivity contribution is -0.118. The zero-order valence-corrected chi connectivity index (χ0v) is 16.2. The third-order valence-electron chi connectivity index (χ3n) is 3.34. The van der Waals surface area contributed by atoms with Crippen LogP contribution in [0.15, 0.2) is 47.6 Å². The van der Waals surface area contributed by atoms with E-state index in [1.165, 1.54) is 13.3 Å². The maximum absolute atomic E-state index is 12.1. The fourth-order valence-electron chi connectivity index (χ4n) is 2.10. The van der Waals surface area contributed by atoms with E-state index < -0.39 is 6.09 Å². The molecule has 2 aromatic carbocycles. The monoisotopic (exact) mass is 405 g/mol. The van der Waals surface area contributed by atoms with Gasteiger partial charge in [0.15, 0.2) is 18.1 Å². The van der Waals surface area contributed by atoms with Gasteiger partial charge in [-0.2, -0.15) is 5.10 Å². The first-order valence-corrected chi connectivity index (χ1v) is 8.72. The second-order valence-corrected chi connectivity index (χ2v) is 5.72. The SMILES string of the molecule is CCOC(=O)N/N=C\c1ccc(OCC(=O)Nc2ccccc2Cl)c(OC)c1. The van der Waals surface area contributed by atoms with Gasteiger partial charge < -0.3 is 19.5 Å². The molecule has 2 rings (SSSR count). The van der Waals surface area contributed by atoms with E-state index in [4.69, 9.17) is 25.8 Å². The lowest BCUT2D eigenvalue weighted by Gasteiger charge is -2.12. The lowest BCUT2D eigenvalue weighted by atomic mass is 10.2. The number of hydrazone groups is 1. The largest absolute Gasteiger partial charge is 0.493 e. The highest BCUT2D eigenvalue weighted by Gasteiger charge is 2.10. The molecule has 0 heterocycles. The summed E-state index contributed by atoms with van der Waals surface area (Å²) < 4.78 is 15.5. The summed E-state index contributed by atoms with van der Waals surface area (Å²) in [4.78, 5) is 23.2. The Morgan fingerprint density at radius 3 is 2.68 bits per heavy atom. The van der Waals surface area contributed by atoms with Gasteiger partial charge in [0.25, 0.3) is 5.91 Å². The minimum absolute atomic E-state index is 0.223. The Hall–Kier alpha value is -3.26. The van der Waals surface area contributed by atoms with Crippen LogP contribution in [0.3, 0.4) is 0 Å². The van der Waals surface area contributed by atoms with Crippen molar-refractivity contribution in [3.63, 3.8) is 0 Å². The second kappa shape index (κ2) is 10.8. The van der Waals surface area contributed by atoms with Crippen LogP contribution in [-0.4, -0.2) is 38.5 Å². The molecule has 0 saturated heterocycles. The van der Waals surface area contributed by atoms with E-state index in [9.17, 15) is 9.59 Å². The zero-order chi connectivity index (χ0) is 20.4. The third-order valence-corrected chi connectivity index (χ3v) is 3.67. The molecular weight excluding hydrogens is 386 g/mol. The number of para-hydroxylation sites is 1. The molecule has 0 aliphatic heterocycles. The van der Waals surface area contributed by atoms with Crippen LogP contribution in [0, 0.1) is 0 Å². The van der Waals surface area contributed by atoms with E-state index >= 15 is 0 Å². The molecule has 0 bridgehead atoms. The highest BCUT2D eigenvalue weighted by molar-refractivity contribution is 6.33. The molecule has 0 aliphatic rings. The average molecular weight is 406 g/mol. The van der Waals surface area contributed by atoms with Crippen molar-refractivity contribution < 1.29 is 23.8 Å². The number of anilines is 1. The van der Waals surface area contributed by atoms with Gasteiger partial charge in [-0.15, -0.1) is 0 Å². The lowest BCUT2D eigenvalue weighted by Crippen LogP contribution is -2.20. The van der Waals surface area contributed by atoms with Gasteiger partial charge in [-0.05, 0) is 42.8 Å². The number of amides is 2. The van der Waals surface area contributed by atoms with E-state index in [1.54, 1.807) is 49.4 Å².